The number of methoxy groups -OCH3 is 1. The average Bonchev–Trinajstić information content (AvgIpc) is 3.20. The number of carbonyl (C=O) groups is 2. The third kappa shape index (κ3) is 5.67. The minimum Gasteiger partial charge on any atom is -0.435 e. The molecule has 1 aliphatic rings. The van der Waals surface area contributed by atoms with Gasteiger partial charge in [0.05, 0.1) is 12.1 Å². The van der Waals surface area contributed by atoms with Crippen molar-refractivity contribution in [2.24, 2.45) is 10.7 Å². The second kappa shape index (κ2) is 10.4. The van der Waals surface area contributed by atoms with Crippen molar-refractivity contribution in [3.8, 4) is 11.6 Å². The van der Waals surface area contributed by atoms with Crippen LogP contribution in [0.25, 0.3) is 5.57 Å². The van der Waals surface area contributed by atoms with E-state index in [9.17, 15) is 14.0 Å². The zero-order chi connectivity index (χ0) is 24.9. The molecule has 2 aromatic heterocycles. The molecule has 2 amide bonds. The van der Waals surface area contributed by atoms with E-state index in [0.717, 1.165) is 10.5 Å². The number of allylic oxidation sites excluding steroid dienone is 1. The Hall–Kier alpha value is -4.16. The van der Waals surface area contributed by atoms with Crippen molar-refractivity contribution in [1.82, 2.24) is 15.3 Å². The molecule has 12 heteroatoms. The molecular weight excluding hydrogens is 475 g/mol. The number of benzene rings is 1. The normalized spacial score (nSPS) is 14.7. The van der Waals surface area contributed by atoms with E-state index >= 15 is 0 Å². The molecule has 1 unspecified atom stereocenters. The Labute approximate surface area is 203 Å². The highest BCUT2D eigenvalue weighted by Crippen LogP contribution is 2.28. The fraction of sp³-hybridized carbons (Fsp3) is 0.174. The van der Waals surface area contributed by atoms with Gasteiger partial charge in [-0.3, -0.25) is 9.59 Å². The van der Waals surface area contributed by atoms with Crippen LogP contribution in [0.4, 0.5) is 9.52 Å². The number of halogens is 1. The highest BCUT2D eigenvalue weighted by atomic mass is 32.1. The van der Waals surface area contributed by atoms with Crippen LogP contribution in [0.2, 0.25) is 0 Å². The standard InChI is InChI=1S/C23H21FN6O4S/c1-12-19(14-10-27-22(33-2)28-11-14)30-23(35-12)29-18(31)9-13-5-6-17(16(24)8-13)34-21-15(20(25)32)4-3-7-26-21/h3-8,10-11,22,27H,9H2,1-2H3,(H2,25,32)(H,29,30,31). The van der Waals surface area contributed by atoms with Crippen molar-refractivity contribution in [1.29, 1.82) is 0 Å². The number of hydrogen-bond acceptors (Lipinski definition) is 9. The molecule has 10 nitrogen and oxygen atoms in total. The van der Waals surface area contributed by atoms with Gasteiger partial charge in [-0.2, -0.15) is 0 Å². The van der Waals surface area contributed by atoms with E-state index in [1.165, 1.54) is 41.8 Å². The summed E-state index contributed by atoms with van der Waals surface area (Å²) < 4.78 is 25.1. The van der Waals surface area contributed by atoms with Crippen LogP contribution in [0.5, 0.6) is 11.6 Å². The molecule has 35 heavy (non-hydrogen) atoms. The zero-order valence-electron chi connectivity index (χ0n) is 18.7. The van der Waals surface area contributed by atoms with Crippen molar-refractivity contribution >= 4 is 40.1 Å². The van der Waals surface area contributed by atoms with E-state index in [-0.39, 0.29) is 29.5 Å². The molecule has 0 aliphatic carbocycles. The summed E-state index contributed by atoms with van der Waals surface area (Å²) in [5.74, 6) is -2.07. The number of anilines is 1. The summed E-state index contributed by atoms with van der Waals surface area (Å²) in [6.07, 6.45) is 4.28. The summed E-state index contributed by atoms with van der Waals surface area (Å²) >= 11 is 1.32. The average molecular weight is 497 g/mol. The van der Waals surface area contributed by atoms with Crippen LogP contribution in [0.1, 0.15) is 26.5 Å². The van der Waals surface area contributed by atoms with Gasteiger partial charge in [-0.25, -0.2) is 19.4 Å². The predicted molar refractivity (Wildman–Crippen MR) is 129 cm³/mol. The number of hydrogen-bond donors (Lipinski definition) is 3. The van der Waals surface area contributed by atoms with Gasteiger partial charge in [0, 0.05) is 36.2 Å². The van der Waals surface area contributed by atoms with Crippen LogP contribution in [-0.4, -0.2) is 41.5 Å². The van der Waals surface area contributed by atoms with Gasteiger partial charge < -0.3 is 25.8 Å². The number of nitrogens with one attached hydrogen (secondary N) is 2. The Balaban J connectivity index is 1.40. The zero-order valence-corrected chi connectivity index (χ0v) is 19.6. The molecule has 0 saturated carbocycles. The Morgan fingerprint density at radius 2 is 2.14 bits per heavy atom. The summed E-state index contributed by atoms with van der Waals surface area (Å²) in [5.41, 5.74) is 7.19. The maximum atomic E-state index is 14.6. The number of aliphatic imine (C=N–C) groups is 1. The molecule has 0 fully saturated rings. The minimum atomic E-state index is -0.745. The number of rotatable bonds is 8. The lowest BCUT2D eigenvalue weighted by atomic mass is 10.1. The smallest absolute Gasteiger partial charge is 0.254 e. The molecule has 180 valence electrons. The molecule has 1 aromatic carbocycles. The van der Waals surface area contributed by atoms with E-state index in [1.54, 1.807) is 25.6 Å². The van der Waals surface area contributed by atoms with E-state index in [4.69, 9.17) is 15.2 Å². The van der Waals surface area contributed by atoms with Crippen LogP contribution >= 0.6 is 11.3 Å². The van der Waals surface area contributed by atoms with Crippen LogP contribution in [0, 0.1) is 12.7 Å². The number of carbonyl (C=O) groups excluding carboxylic acids is 2. The lowest BCUT2D eigenvalue weighted by Gasteiger charge is -2.15. The summed E-state index contributed by atoms with van der Waals surface area (Å²) in [4.78, 5) is 37.5. The fourth-order valence-corrected chi connectivity index (χ4v) is 4.07. The molecule has 1 aliphatic heterocycles. The van der Waals surface area contributed by atoms with E-state index in [1.807, 2.05) is 6.92 Å². The number of thiazole rings is 1. The summed E-state index contributed by atoms with van der Waals surface area (Å²) in [5, 5.41) is 6.14. The maximum Gasteiger partial charge on any atom is 0.254 e. The van der Waals surface area contributed by atoms with Crippen LogP contribution in [0.3, 0.4) is 0 Å². The van der Waals surface area contributed by atoms with Gasteiger partial charge in [0.25, 0.3) is 5.91 Å². The number of primary amides is 1. The van der Waals surface area contributed by atoms with Gasteiger partial charge in [-0.05, 0) is 36.8 Å². The van der Waals surface area contributed by atoms with Gasteiger partial charge in [0.15, 0.2) is 16.7 Å². The topological polar surface area (TPSA) is 141 Å². The highest BCUT2D eigenvalue weighted by Gasteiger charge is 2.18. The predicted octanol–water partition coefficient (Wildman–Crippen LogP) is 3.00. The van der Waals surface area contributed by atoms with Gasteiger partial charge in [-0.1, -0.05) is 6.07 Å². The second-order valence-corrected chi connectivity index (χ2v) is 8.57. The Morgan fingerprint density at radius 3 is 2.83 bits per heavy atom. The molecule has 3 heterocycles. The van der Waals surface area contributed by atoms with E-state index in [2.05, 4.69) is 25.6 Å². The fourth-order valence-electron chi connectivity index (χ4n) is 3.22. The first-order valence-corrected chi connectivity index (χ1v) is 11.2. The Morgan fingerprint density at radius 1 is 1.31 bits per heavy atom. The maximum absolute atomic E-state index is 14.6. The second-order valence-electron chi connectivity index (χ2n) is 7.37. The monoisotopic (exact) mass is 496 g/mol. The highest BCUT2D eigenvalue weighted by molar-refractivity contribution is 7.16. The third-order valence-corrected chi connectivity index (χ3v) is 5.76. The van der Waals surface area contributed by atoms with Crippen LogP contribution in [-0.2, 0) is 16.0 Å². The number of amides is 2. The summed E-state index contributed by atoms with van der Waals surface area (Å²) in [6.45, 7) is 1.89. The van der Waals surface area contributed by atoms with Crippen molar-refractivity contribution in [2.75, 3.05) is 12.4 Å². The van der Waals surface area contributed by atoms with Crippen molar-refractivity contribution in [3.63, 3.8) is 0 Å². The third-order valence-electron chi connectivity index (χ3n) is 4.87. The lowest BCUT2D eigenvalue weighted by Crippen LogP contribution is -2.27. The Kier molecular flexibility index (Phi) is 7.13. The summed E-state index contributed by atoms with van der Waals surface area (Å²) in [6, 6.07) is 7.03. The van der Waals surface area contributed by atoms with E-state index in [0.29, 0.717) is 16.4 Å². The first kappa shape index (κ1) is 24.0. The van der Waals surface area contributed by atoms with Crippen molar-refractivity contribution in [3.05, 3.63) is 70.2 Å². The number of aryl methyl sites for hydroxylation is 1. The van der Waals surface area contributed by atoms with Crippen molar-refractivity contribution < 1.29 is 23.5 Å². The molecular formula is C23H21FN6O4S. The molecule has 0 saturated heterocycles. The number of aromatic nitrogens is 2. The van der Waals surface area contributed by atoms with Crippen LogP contribution < -0.4 is 21.1 Å². The molecule has 1 atom stereocenters. The number of ether oxygens (including phenoxy) is 2. The van der Waals surface area contributed by atoms with E-state index < -0.39 is 18.1 Å². The SMILES string of the molecule is COC1N=CC(c2nc(NC(=O)Cc3ccc(Oc4ncccc4C(N)=O)c(F)c3)sc2C)=CN1. The molecule has 0 radical (unpaired) electrons. The quantitative estimate of drug-likeness (QED) is 0.435. The number of nitrogens with two attached hydrogens (primary N) is 1. The first-order chi connectivity index (χ1) is 16.8. The minimum absolute atomic E-state index is 0.0259. The summed E-state index contributed by atoms with van der Waals surface area (Å²) in [7, 11) is 1.54. The number of pyridine rings is 1. The van der Waals surface area contributed by atoms with Gasteiger partial charge >= 0.3 is 0 Å². The molecule has 4 rings (SSSR count). The van der Waals surface area contributed by atoms with Gasteiger partial charge in [0.1, 0.15) is 5.56 Å². The number of nitrogens with zero attached hydrogens (tertiary/aromatic N) is 3. The van der Waals surface area contributed by atoms with Crippen LogP contribution in [0.15, 0.2) is 47.7 Å². The molecule has 4 N–H and O–H groups in total. The largest absolute Gasteiger partial charge is 0.435 e. The van der Waals surface area contributed by atoms with Crippen molar-refractivity contribution in [2.45, 2.75) is 19.7 Å². The Bertz CT molecular complexity index is 1340. The lowest BCUT2D eigenvalue weighted by molar-refractivity contribution is -0.115. The first-order valence-electron chi connectivity index (χ1n) is 10.3. The van der Waals surface area contributed by atoms with Gasteiger partial charge in [0.2, 0.25) is 18.1 Å². The molecule has 0 bridgehead atoms. The molecule has 3 aromatic rings. The van der Waals surface area contributed by atoms with Gasteiger partial charge in [-0.15, -0.1) is 11.3 Å². The molecule has 0 spiro atoms.